The topological polar surface area (TPSA) is 72.9 Å². The first kappa shape index (κ1) is 18.2. The zero-order valence-corrected chi connectivity index (χ0v) is 16.5. The van der Waals surface area contributed by atoms with E-state index < -0.39 is 0 Å². The molecule has 0 saturated heterocycles. The summed E-state index contributed by atoms with van der Waals surface area (Å²) in [4.78, 5) is 4.61. The van der Waals surface area contributed by atoms with E-state index in [1.54, 1.807) is 22.7 Å². The SMILES string of the molecule is Cc1nc2ccccc2n1CCCNc1ccc2nnc(-c3ccccc3F)n2n1. The van der Waals surface area contributed by atoms with E-state index in [2.05, 4.69) is 36.2 Å². The maximum atomic E-state index is 14.2. The van der Waals surface area contributed by atoms with Gasteiger partial charge in [0.05, 0.1) is 16.6 Å². The Kier molecular flexibility index (Phi) is 4.59. The largest absolute Gasteiger partial charge is 0.369 e. The molecule has 8 heteroatoms. The number of aromatic nitrogens is 6. The zero-order valence-electron chi connectivity index (χ0n) is 16.5. The maximum Gasteiger partial charge on any atom is 0.188 e. The molecule has 5 aromatic rings. The molecule has 0 spiro atoms. The summed E-state index contributed by atoms with van der Waals surface area (Å²) >= 11 is 0. The Morgan fingerprint density at radius 3 is 2.70 bits per heavy atom. The average Bonchev–Trinajstić information content (AvgIpc) is 3.32. The number of anilines is 1. The molecule has 7 nitrogen and oxygen atoms in total. The molecule has 2 aromatic carbocycles. The highest BCUT2D eigenvalue weighted by Crippen LogP contribution is 2.21. The van der Waals surface area contributed by atoms with Crippen LogP contribution in [0.1, 0.15) is 12.2 Å². The van der Waals surface area contributed by atoms with Crippen molar-refractivity contribution in [2.45, 2.75) is 19.9 Å². The minimum atomic E-state index is -0.352. The summed E-state index contributed by atoms with van der Waals surface area (Å²) in [5.74, 6) is 1.73. The van der Waals surface area contributed by atoms with Crippen LogP contribution >= 0.6 is 0 Å². The fraction of sp³-hybridized carbons (Fsp3) is 0.182. The summed E-state index contributed by atoms with van der Waals surface area (Å²) in [6, 6.07) is 18.3. The van der Waals surface area contributed by atoms with Gasteiger partial charge in [-0.2, -0.15) is 4.52 Å². The predicted molar refractivity (Wildman–Crippen MR) is 114 cm³/mol. The Hall–Kier alpha value is -3.81. The van der Waals surface area contributed by atoms with Crippen molar-refractivity contribution in [3.63, 3.8) is 0 Å². The first-order valence-corrected chi connectivity index (χ1v) is 9.84. The quantitative estimate of drug-likeness (QED) is 0.434. The summed E-state index contributed by atoms with van der Waals surface area (Å²) in [5.41, 5.74) is 3.10. The Morgan fingerprint density at radius 1 is 0.967 bits per heavy atom. The molecule has 0 fully saturated rings. The van der Waals surface area contributed by atoms with Crippen molar-refractivity contribution >= 4 is 22.5 Å². The van der Waals surface area contributed by atoms with E-state index in [9.17, 15) is 4.39 Å². The van der Waals surface area contributed by atoms with Crippen LogP contribution in [0, 0.1) is 12.7 Å². The van der Waals surface area contributed by atoms with Gasteiger partial charge >= 0.3 is 0 Å². The fourth-order valence-corrected chi connectivity index (χ4v) is 3.63. The van der Waals surface area contributed by atoms with Crippen molar-refractivity contribution in [2.24, 2.45) is 0 Å². The lowest BCUT2D eigenvalue weighted by Crippen LogP contribution is -2.10. The predicted octanol–water partition coefficient (Wildman–Crippen LogP) is 4.09. The molecule has 0 unspecified atom stereocenters. The summed E-state index contributed by atoms with van der Waals surface area (Å²) in [6.45, 7) is 3.62. The Balaban J connectivity index is 1.31. The van der Waals surface area contributed by atoms with Crippen LogP contribution in [0.3, 0.4) is 0 Å². The maximum absolute atomic E-state index is 14.2. The van der Waals surface area contributed by atoms with Crippen LogP contribution in [0.15, 0.2) is 60.7 Å². The van der Waals surface area contributed by atoms with Crippen molar-refractivity contribution < 1.29 is 4.39 Å². The second-order valence-electron chi connectivity index (χ2n) is 7.07. The van der Waals surface area contributed by atoms with E-state index in [1.165, 1.54) is 6.07 Å². The number of imidazole rings is 1. The molecule has 30 heavy (non-hydrogen) atoms. The summed E-state index contributed by atoms with van der Waals surface area (Å²) < 4.78 is 18.0. The van der Waals surface area contributed by atoms with Crippen LogP contribution in [-0.2, 0) is 6.54 Å². The van der Waals surface area contributed by atoms with Gasteiger partial charge in [0.1, 0.15) is 17.5 Å². The normalized spacial score (nSPS) is 11.4. The van der Waals surface area contributed by atoms with E-state index >= 15 is 0 Å². The third-order valence-electron chi connectivity index (χ3n) is 5.09. The van der Waals surface area contributed by atoms with Crippen molar-refractivity contribution in [2.75, 3.05) is 11.9 Å². The van der Waals surface area contributed by atoms with Crippen molar-refractivity contribution in [1.82, 2.24) is 29.4 Å². The number of nitrogens with one attached hydrogen (secondary N) is 1. The van der Waals surface area contributed by atoms with E-state index in [4.69, 9.17) is 0 Å². The number of benzene rings is 2. The van der Waals surface area contributed by atoms with Crippen molar-refractivity contribution in [3.8, 4) is 11.4 Å². The second-order valence-corrected chi connectivity index (χ2v) is 7.07. The van der Waals surface area contributed by atoms with Gasteiger partial charge in [0.2, 0.25) is 0 Å². The molecule has 0 saturated carbocycles. The molecule has 0 amide bonds. The molecule has 0 bridgehead atoms. The molecule has 0 aliphatic rings. The van der Waals surface area contributed by atoms with Crippen molar-refractivity contribution in [1.29, 1.82) is 0 Å². The lowest BCUT2D eigenvalue weighted by molar-refractivity contribution is 0.629. The first-order chi connectivity index (χ1) is 14.7. The van der Waals surface area contributed by atoms with Crippen LogP contribution < -0.4 is 5.32 Å². The van der Waals surface area contributed by atoms with Gasteiger partial charge in [-0.3, -0.25) is 0 Å². The van der Waals surface area contributed by atoms with Gasteiger partial charge < -0.3 is 9.88 Å². The average molecular weight is 401 g/mol. The van der Waals surface area contributed by atoms with E-state index in [-0.39, 0.29) is 5.82 Å². The van der Waals surface area contributed by atoms with Gasteiger partial charge in [0, 0.05) is 13.1 Å². The molecule has 1 N–H and O–H groups in total. The van der Waals surface area contributed by atoms with Gasteiger partial charge in [-0.15, -0.1) is 15.3 Å². The van der Waals surface area contributed by atoms with Gasteiger partial charge in [0.15, 0.2) is 11.5 Å². The van der Waals surface area contributed by atoms with Crippen LogP contribution in [0.4, 0.5) is 10.2 Å². The molecule has 0 atom stereocenters. The lowest BCUT2D eigenvalue weighted by Gasteiger charge is -2.09. The number of nitrogens with zero attached hydrogens (tertiary/aromatic N) is 6. The highest BCUT2D eigenvalue weighted by atomic mass is 19.1. The minimum Gasteiger partial charge on any atom is -0.369 e. The van der Waals surface area contributed by atoms with Crippen molar-refractivity contribution in [3.05, 3.63) is 72.3 Å². The molecular formula is C22H20FN7. The smallest absolute Gasteiger partial charge is 0.188 e. The van der Waals surface area contributed by atoms with E-state index in [0.29, 0.717) is 22.9 Å². The van der Waals surface area contributed by atoms with Crippen LogP contribution in [-0.4, -0.2) is 35.9 Å². The molecule has 150 valence electrons. The Bertz CT molecular complexity index is 1340. The molecule has 3 heterocycles. The molecule has 5 rings (SSSR count). The van der Waals surface area contributed by atoms with Gasteiger partial charge in [0.25, 0.3) is 0 Å². The standard InChI is InChI=1S/C22H20FN7/c1-15-25-18-9-4-5-10-19(18)29(15)14-6-13-24-20-11-12-21-26-27-22(30(21)28-20)16-7-2-3-8-17(16)23/h2-5,7-12H,6,13-14H2,1H3,(H,24,28). The minimum absolute atomic E-state index is 0.352. The number of halogens is 1. The fourth-order valence-electron chi connectivity index (χ4n) is 3.63. The van der Waals surface area contributed by atoms with Crippen LogP contribution in [0.2, 0.25) is 0 Å². The highest BCUT2D eigenvalue weighted by molar-refractivity contribution is 5.75. The number of aryl methyl sites for hydroxylation is 2. The lowest BCUT2D eigenvalue weighted by atomic mass is 10.2. The molecule has 3 aromatic heterocycles. The monoisotopic (exact) mass is 401 g/mol. The first-order valence-electron chi connectivity index (χ1n) is 9.84. The van der Waals surface area contributed by atoms with E-state index in [0.717, 1.165) is 36.4 Å². The molecule has 0 aliphatic carbocycles. The third kappa shape index (κ3) is 3.26. The summed E-state index contributed by atoms with van der Waals surface area (Å²) in [6.07, 6.45) is 0.906. The number of hydrogen-bond acceptors (Lipinski definition) is 5. The Labute approximate surface area is 172 Å². The highest BCUT2D eigenvalue weighted by Gasteiger charge is 2.13. The molecule has 0 aliphatic heterocycles. The Morgan fingerprint density at radius 2 is 1.80 bits per heavy atom. The number of hydrogen-bond donors (Lipinski definition) is 1. The zero-order chi connectivity index (χ0) is 20.5. The number of rotatable bonds is 6. The van der Waals surface area contributed by atoms with E-state index in [1.807, 2.05) is 37.3 Å². The number of para-hydroxylation sites is 2. The number of fused-ring (bicyclic) bond motifs is 2. The summed E-state index contributed by atoms with van der Waals surface area (Å²) in [7, 11) is 0. The third-order valence-corrected chi connectivity index (χ3v) is 5.09. The molecular weight excluding hydrogens is 381 g/mol. The second kappa shape index (κ2) is 7.55. The molecule has 0 radical (unpaired) electrons. The van der Waals surface area contributed by atoms with Crippen LogP contribution in [0.25, 0.3) is 28.1 Å². The van der Waals surface area contributed by atoms with Crippen LogP contribution in [0.5, 0.6) is 0 Å². The van der Waals surface area contributed by atoms with Gasteiger partial charge in [-0.25, -0.2) is 9.37 Å². The summed E-state index contributed by atoms with van der Waals surface area (Å²) in [5, 5.41) is 16.1. The van der Waals surface area contributed by atoms with Gasteiger partial charge in [-0.1, -0.05) is 24.3 Å². The van der Waals surface area contributed by atoms with Gasteiger partial charge in [-0.05, 0) is 49.7 Å².